The molecule has 3 rings (SSSR count). The first kappa shape index (κ1) is 29.3. The van der Waals surface area contributed by atoms with Crippen molar-refractivity contribution in [1.29, 1.82) is 0 Å². The third-order valence-electron chi connectivity index (χ3n) is 6.06. The first-order valence-electron chi connectivity index (χ1n) is 11.5. The topological polar surface area (TPSA) is 78.5 Å². The molecule has 0 saturated carbocycles. The summed E-state index contributed by atoms with van der Waals surface area (Å²) in [7, 11) is 0. The Morgan fingerprint density at radius 2 is 1.55 bits per heavy atom. The summed E-state index contributed by atoms with van der Waals surface area (Å²) in [6.07, 6.45) is -9.58. The minimum atomic E-state index is -5.09. The van der Waals surface area contributed by atoms with Crippen LogP contribution in [0.4, 0.5) is 26.3 Å². The van der Waals surface area contributed by atoms with Crippen molar-refractivity contribution in [2.45, 2.75) is 50.6 Å². The fraction of sp³-hybridized carbons (Fsp3) is 0.400. The molecule has 13 heteroatoms. The van der Waals surface area contributed by atoms with Crippen molar-refractivity contribution in [3.63, 3.8) is 0 Å². The summed E-state index contributed by atoms with van der Waals surface area (Å²) >= 11 is 5.92. The van der Waals surface area contributed by atoms with Crippen LogP contribution in [0.15, 0.2) is 42.5 Å². The van der Waals surface area contributed by atoms with Crippen molar-refractivity contribution < 1.29 is 40.7 Å². The minimum Gasteiger partial charge on any atom is -0.352 e. The van der Waals surface area contributed by atoms with E-state index >= 15 is 0 Å². The number of benzene rings is 2. The maximum absolute atomic E-state index is 13.4. The van der Waals surface area contributed by atoms with E-state index in [9.17, 15) is 40.7 Å². The van der Waals surface area contributed by atoms with E-state index in [2.05, 4.69) is 10.6 Å². The van der Waals surface area contributed by atoms with Gasteiger partial charge < -0.3 is 15.5 Å². The maximum atomic E-state index is 13.4. The molecule has 0 radical (unpaired) electrons. The number of amides is 3. The zero-order valence-corrected chi connectivity index (χ0v) is 20.8. The van der Waals surface area contributed by atoms with Gasteiger partial charge in [0.25, 0.3) is 5.91 Å². The van der Waals surface area contributed by atoms with E-state index in [1.165, 1.54) is 11.8 Å². The van der Waals surface area contributed by atoms with Crippen molar-refractivity contribution >= 4 is 29.3 Å². The third kappa shape index (κ3) is 7.86. The molecule has 0 aliphatic carbocycles. The standard InChI is InChI=1S/C25H24ClF6N3O3/c1-14(36)33-13-22(37)34-20-6-7-35(21(12-20)8-15-2-4-19(26)5-3-15)23(38)16-9-17(24(27,28)29)11-18(10-16)25(30,31)32/h2-5,9-11,20-21H,6-8,12-13H2,1H3,(H,33,36)(H,34,37)/t20-,21+/m0/s1. The SMILES string of the molecule is CC(=O)NCC(=O)N[C@H]1CCN(C(=O)c2cc(C(F)(F)F)cc(C(F)(F)F)c2)[C@H](Cc2ccc(Cl)cc2)C1. The number of likely N-dealkylation sites (tertiary alicyclic amines) is 1. The van der Waals surface area contributed by atoms with Crippen LogP contribution < -0.4 is 10.6 Å². The molecule has 1 aliphatic heterocycles. The molecule has 0 aromatic heterocycles. The van der Waals surface area contributed by atoms with Gasteiger partial charge in [0.05, 0.1) is 17.7 Å². The van der Waals surface area contributed by atoms with Gasteiger partial charge in [0, 0.05) is 36.1 Å². The molecule has 2 atom stereocenters. The van der Waals surface area contributed by atoms with Crippen LogP contribution in [0.3, 0.4) is 0 Å². The van der Waals surface area contributed by atoms with E-state index in [0.29, 0.717) is 17.2 Å². The number of halogens is 7. The number of piperidine rings is 1. The lowest BCUT2D eigenvalue weighted by atomic mass is 9.91. The molecule has 6 nitrogen and oxygen atoms in total. The van der Waals surface area contributed by atoms with Gasteiger partial charge in [-0.3, -0.25) is 14.4 Å². The number of alkyl halides is 6. The van der Waals surface area contributed by atoms with Crippen LogP contribution in [-0.4, -0.2) is 47.8 Å². The van der Waals surface area contributed by atoms with Gasteiger partial charge in [0.15, 0.2) is 0 Å². The van der Waals surface area contributed by atoms with Crippen LogP contribution in [0.1, 0.15) is 46.8 Å². The minimum absolute atomic E-state index is 0.0280. The zero-order valence-electron chi connectivity index (χ0n) is 20.0. The predicted octanol–water partition coefficient (Wildman–Crippen LogP) is 4.85. The summed E-state index contributed by atoms with van der Waals surface area (Å²) in [5.41, 5.74) is -3.17. The van der Waals surface area contributed by atoms with Crippen LogP contribution in [0.5, 0.6) is 0 Å². The number of rotatable bonds is 6. The highest BCUT2D eigenvalue weighted by molar-refractivity contribution is 6.30. The van der Waals surface area contributed by atoms with Gasteiger partial charge >= 0.3 is 12.4 Å². The summed E-state index contributed by atoms with van der Waals surface area (Å²) in [4.78, 5) is 37.8. The Hall–Kier alpha value is -3.28. The van der Waals surface area contributed by atoms with Gasteiger partial charge in [-0.25, -0.2) is 0 Å². The first-order valence-corrected chi connectivity index (χ1v) is 11.9. The molecule has 3 amide bonds. The molecule has 206 valence electrons. The number of nitrogens with zero attached hydrogens (tertiary/aromatic N) is 1. The smallest absolute Gasteiger partial charge is 0.352 e. The third-order valence-corrected chi connectivity index (χ3v) is 6.31. The molecule has 1 saturated heterocycles. The van der Waals surface area contributed by atoms with Gasteiger partial charge in [0.1, 0.15) is 0 Å². The van der Waals surface area contributed by atoms with Crippen molar-refractivity contribution in [3.8, 4) is 0 Å². The van der Waals surface area contributed by atoms with Gasteiger partial charge in [-0.2, -0.15) is 26.3 Å². The van der Waals surface area contributed by atoms with Crippen molar-refractivity contribution in [2.75, 3.05) is 13.1 Å². The largest absolute Gasteiger partial charge is 0.416 e. The summed E-state index contributed by atoms with van der Waals surface area (Å²) in [6.45, 7) is 0.956. The summed E-state index contributed by atoms with van der Waals surface area (Å²) in [6, 6.07) is 6.31. The van der Waals surface area contributed by atoms with E-state index in [1.807, 2.05) is 0 Å². The number of nitrogens with one attached hydrogen (secondary N) is 2. The Morgan fingerprint density at radius 3 is 2.08 bits per heavy atom. The molecule has 1 heterocycles. The number of carbonyl (C=O) groups is 3. The molecule has 2 aromatic carbocycles. The Morgan fingerprint density at radius 1 is 0.974 bits per heavy atom. The number of hydrogen-bond acceptors (Lipinski definition) is 3. The highest BCUT2D eigenvalue weighted by atomic mass is 35.5. The van der Waals surface area contributed by atoms with Gasteiger partial charge in [-0.1, -0.05) is 23.7 Å². The molecule has 1 aliphatic rings. The number of hydrogen-bond donors (Lipinski definition) is 2. The van der Waals surface area contributed by atoms with Crippen LogP contribution in [0.25, 0.3) is 0 Å². The fourth-order valence-electron chi connectivity index (χ4n) is 4.26. The second kappa shape index (κ2) is 11.6. The van der Waals surface area contributed by atoms with Crippen LogP contribution >= 0.6 is 11.6 Å². The average molecular weight is 564 g/mol. The average Bonchev–Trinajstić information content (AvgIpc) is 2.82. The Bertz CT molecular complexity index is 1150. The molecule has 0 unspecified atom stereocenters. The second-order valence-electron chi connectivity index (χ2n) is 8.98. The van der Waals surface area contributed by atoms with E-state index in [-0.39, 0.29) is 38.4 Å². The summed E-state index contributed by atoms with van der Waals surface area (Å²) in [5, 5.41) is 5.56. The number of carbonyl (C=O) groups excluding carboxylic acids is 3. The van der Waals surface area contributed by atoms with Gasteiger partial charge in [-0.15, -0.1) is 0 Å². The van der Waals surface area contributed by atoms with Crippen LogP contribution in [0.2, 0.25) is 5.02 Å². The van der Waals surface area contributed by atoms with Crippen LogP contribution in [-0.2, 0) is 28.4 Å². The Balaban J connectivity index is 1.90. The lowest BCUT2D eigenvalue weighted by Crippen LogP contribution is -2.53. The summed E-state index contributed by atoms with van der Waals surface area (Å²) < 4.78 is 80.1. The quantitative estimate of drug-likeness (QED) is 0.494. The van der Waals surface area contributed by atoms with Crippen LogP contribution in [0, 0.1) is 0 Å². The molecule has 0 bridgehead atoms. The molecule has 2 aromatic rings. The highest BCUT2D eigenvalue weighted by Crippen LogP contribution is 2.37. The molecule has 1 fully saturated rings. The van der Waals surface area contributed by atoms with E-state index in [1.54, 1.807) is 24.3 Å². The van der Waals surface area contributed by atoms with Crippen molar-refractivity contribution in [2.24, 2.45) is 0 Å². The maximum Gasteiger partial charge on any atom is 0.416 e. The zero-order chi connectivity index (χ0) is 28.3. The second-order valence-corrected chi connectivity index (χ2v) is 9.41. The normalized spacial score (nSPS) is 18.2. The van der Waals surface area contributed by atoms with E-state index < -0.39 is 58.8 Å². The van der Waals surface area contributed by atoms with Crippen molar-refractivity contribution in [1.82, 2.24) is 15.5 Å². The first-order chi connectivity index (χ1) is 17.6. The lowest BCUT2D eigenvalue weighted by molar-refractivity contribution is -0.143. The highest BCUT2D eigenvalue weighted by Gasteiger charge is 2.39. The predicted molar refractivity (Wildman–Crippen MR) is 126 cm³/mol. The summed E-state index contributed by atoms with van der Waals surface area (Å²) in [5.74, 6) is -1.85. The van der Waals surface area contributed by atoms with Gasteiger partial charge in [-0.05, 0) is 55.2 Å². The van der Waals surface area contributed by atoms with Gasteiger partial charge in [0.2, 0.25) is 11.8 Å². The van der Waals surface area contributed by atoms with E-state index in [4.69, 9.17) is 11.6 Å². The van der Waals surface area contributed by atoms with E-state index in [0.717, 1.165) is 5.56 Å². The Kier molecular flexibility index (Phi) is 8.96. The lowest BCUT2D eigenvalue weighted by Gasteiger charge is -2.40. The molecule has 0 spiro atoms. The fourth-order valence-corrected chi connectivity index (χ4v) is 4.39. The molecule has 38 heavy (non-hydrogen) atoms. The Labute approximate surface area is 219 Å². The monoisotopic (exact) mass is 563 g/mol. The molecular weight excluding hydrogens is 540 g/mol. The molecular formula is C25H24ClF6N3O3. The molecule has 2 N–H and O–H groups in total. The van der Waals surface area contributed by atoms with Crippen molar-refractivity contribution in [3.05, 3.63) is 69.7 Å².